The van der Waals surface area contributed by atoms with Crippen LogP contribution in [-0.4, -0.2) is 44.5 Å². The summed E-state index contributed by atoms with van der Waals surface area (Å²) in [6.07, 6.45) is 3.43. The molecular formula is C20H19N5O3. The number of carboxylic acid groups (broad SMARTS) is 1. The lowest BCUT2D eigenvalue weighted by molar-refractivity contribution is -0.138. The van der Waals surface area contributed by atoms with Crippen LogP contribution in [0.4, 0.5) is 0 Å². The molecule has 0 bridgehead atoms. The van der Waals surface area contributed by atoms with Crippen molar-refractivity contribution in [2.45, 2.75) is 12.5 Å². The molecule has 3 rings (SSSR count). The molecule has 28 heavy (non-hydrogen) atoms. The van der Waals surface area contributed by atoms with Crippen molar-refractivity contribution in [3.63, 3.8) is 0 Å². The number of hydrogen-bond donors (Lipinski definition) is 3. The van der Waals surface area contributed by atoms with Crippen molar-refractivity contribution in [1.82, 2.24) is 20.3 Å². The van der Waals surface area contributed by atoms with Crippen LogP contribution < -0.4 is 11.1 Å². The van der Waals surface area contributed by atoms with Crippen molar-refractivity contribution in [2.75, 3.05) is 6.54 Å². The zero-order valence-electron chi connectivity index (χ0n) is 14.9. The minimum Gasteiger partial charge on any atom is -0.480 e. The molecule has 0 unspecified atom stereocenters. The molecular weight excluding hydrogens is 358 g/mol. The maximum absolute atomic E-state index is 12.6. The van der Waals surface area contributed by atoms with Gasteiger partial charge in [0.2, 0.25) is 0 Å². The van der Waals surface area contributed by atoms with Gasteiger partial charge in [-0.1, -0.05) is 12.1 Å². The fourth-order valence-electron chi connectivity index (χ4n) is 2.52. The first-order chi connectivity index (χ1) is 13.5. The molecule has 4 N–H and O–H groups in total. The van der Waals surface area contributed by atoms with Crippen LogP contribution in [0.1, 0.15) is 16.8 Å². The Bertz CT molecular complexity index is 906. The zero-order valence-corrected chi connectivity index (χ0v) is 14.9. The fourth-order valence-corrected chi connectivity index (χ4v) is 2.52. The third-order valence-corrected chi connectivity index (χ3v) is 4.00. The third kappa shape index (κ3) is 4.74. The highest BCUT2D eigenvalue weighted by Gasteiger charge is 2.15. The number of rotatable bonds is 7. The number of hydrogen-bond acceptors (Lipinski definition) is 6. The topological polar surface area (TPSA) is 131 Å². The molecule has 0 radical (unpaired) electrons. The summed E-state index contributed by atoms with van der Waals surface area (Å²) in [6, 6.07) is 13.1. The number of carboxylic acids is 1. The van der Waals surface area contributed by atoms with E-state index in [9.17, 15) is 9.59 Å². The number of carbonyl (C=O) groups is 2. The minimum absolute atomic E-state index is 0.131. The molecule has 3 heterocycles. The number of carbonyl (C=O) groups excluding carboxylic acids is 1. The SMILES string of the molecule is N[C@@H](CCNC(=O)c1cc(-c2ccccn2)nc(-c2ccccn2)c1)C(=O)O. The Morgan fingerprint density at radius 2 is 1.54 bits per heavy atom. The summed E-state index contributed by atoms with van der Waals surface area (Å²) >= 11 is 0. The average molecular weight is 377 g/mol. The molecule has 0 fully saturated rings. The van der Waals surface area contributed by atoms with Crippen LogP contribution in [0.25, 0.3) is 22.8 Å². The van der Waals surface area contributed by atoms with Crippen molar-refractivity contribution in [2.24, 2.45) is 5.73 Å². The van der Waals surface area contributed by atoms with E-state index in [0.29, 0.717) is 28.3 Å². The van der Waals surface area contributed by atoms with E-state index in [0.717, 1.165) is 0 Å². The summed E-state index contributed by atoms with van der Waals surface area (Å²) in [6.45, 7) is 0.145. The molecule has 8 nitrogen and oxygen atoms in total. The van der Waals surface area contributed by atoms with Crippen molar-refractivity contribution in [3.05, 3.63) is 66.5 Å². The molecule has 0 aromatic carbocycles. The Hall–Kier alpha value is -3.65. The van der Waals surface area contributed by atoms with Gasteiger partial charge in [0.25, 0.3) is 5.91 Å². The Morgan fingerprint density at radius 1 is 0.964 bits per heavy atom. The lowest BCUT2D eigenvalue weighted by atomic mass is 10.1. The van der Waals surface area contributed by atoms with Gasteiger partial charge in [-0.15, -0.1) is 0 Å². The number of nitrogens with two attached hydrogens (primary N) is 1. The molecule has 1 amide bonds. The maximum atomic E-state index is 12.6. The number of pyridine rings is 3. The molecule has 3 aromatic heterocycles. The first-order valence-corrected chi connectivity index (χ1v) is 8.66. The third-order valence-electron chi connectivity index (χ3n) is 4.00. The van der Waals surface area contributed by atoms with Gasteiger partial charge in [0, 0.05) is 24.5 Å². The van der Waals surface area contributed by atoms with Gasteiger partial charge in [-0.25, -0.2) is 4.98 Å². The van der Waals surface area contributed by atoms with E-state index in [4.69, 9.17) is 10.8 Å². The molecule has 0 aliphatic heterocycles. The van der Waals surface area contributed by atoms with Crippen LogP contribution >= 0.6 is 0 Å². The van der Waals surface area contributed by atoms with Crippen LogP contribution in [0.3, 0.4) is 0 Å². The largest absolute Gasteiger partial charge is 0.480 e. The van der Waals surface area contributed by atoms with Crippen molar-refractivity contribution >= 4 is 11.9 Å². The van der Waals surface area contributed by atoms with E-state index in [1.165, 1.54) is 0 Å². The van der Waals surface area contributed by atoms with Crippen LogP contribution in [-0.2, 0) is 4.79 Å². The van der Waals surface area contributed by atoms with Crippen LogP contribution in [0.15, 0.2) is 60.9 Å². The summed E-state index contributed by atoms with van der Waals surface area (Å²) in [5.41, 5.74) is 8.17. The Morgan fingerprint density at radius 3 is 2.00 bits per heavy atom. The Balaban J connectivity index is 1.89. The first-order valence-electron chi connectivity index (χ1n) is 8.66. The normalized spacial score (nSPS) is 11.6. The molecule has 0 aliphatic rings. The van der Waals surface area contributed by atoms with E-state index in [1.807, 2.05) is 12.1 Å². The van der Waals surface area contributed by atoms with Gasteiger partial charge in [0.1, 0.15) is 6.04 Å². The highest BCUT2D eigenvalue weighted by Crippen LogP contribution is 2.22. The summed E-state index contributed by atoms with van der Waals surface area (Å²) < 4.78 is 0. The monoisotopic (exact) mass is 377 g/mol. The van der Waals surface area contributed by atoms with Crippen molar-refractivity contribution in [3.8, 4) is 22.8 Å². The maximum Gasteiger partial charge on any atom is 0.320 e. The lowest BCUT2D eigenvalue weighted by Gasteiger charge is -2.10. The van der Waals surface area contributed by atoms with Crippen molar-refractivity contribution in [1.29, 1.82) is 0 Å². The molecule has 0 saturated heterocycles. The van der Waals surface area contributed by atoms with Gasteiger partial charge in [0.05, 0.1) is 22.8 Å². The summed E-state index contributed by atoms with van der Waals surface area (Å²) in [7, 11) is 0. The van der Waals surface area contributed by atoms with Crippen LogP contribution in [0.5, 0.6) is 0 Å². The quantitative estimate of drug-likeness (QED) is 0.571. The van der Waals surface area contributed by atoms with Gasteiger partial charge in [0.15, 0.2) is 0 Å². The zero-order chi connectivity index (χ0) is 19.9. The molecule has 142 valence electrons. The first kappa shape index (κ1) is 19.1. The van der Waals surface area contributed by atoms with E-state index < -0.39 is 12.0 Å². The van der Waals surface area contributed by atoms with Gasteiger partial charge in [-0.05, 0) is 42.8 Å². The lowest BCUT2D eigenvalue weighted by Crippen LogP contribution is -2.35. The fraction of sp³-hybridized carbons (Fsp3) is 0.150. The van der Waals surface area contributed by atoms with Gasteiger partial charge in [-0.2, -0.15) is 0 Å². The molecule has 3 aromatic rings. The van der Waals surface area contributed by atoms with Crippen LogP contribution in [0.2, 0.25) is 0 Å². The smallest absolute Gasteiger partial charge is 0.320 e. The number of nitrogens with one attached hydrogen (secondary N) is 1. The van der Waals surface area contributed by atoms with Gasteiger partial charge in [-0.3, -0.25) is 19.6 Å². The van der Waals surface area contributed by atoms with Gasteiger partial charge >= 0.3 is 5.97 Å². The summed E-state index contributed by atoms with van der Waals surface area (Å²) in [4.78, 5) is 36.6. The number of nitrogens with zero attached hydrogens (tertiary/aromatic N) is 3. The van der Waals surface area contributed by atoms with Gasteiger partial charge < -0.3 is 16.2 Å². The minimum atomic E-state index is -1.10. The summed E-state index contributed by atoms with van der Waals surface area (Å²) in [5.74, 6) is -1.46. The second kappa shape index (κ2) is 8.83. The molecule has 0 spiro atoms. The van der Waals surface area contributed by atoms with E-state index >= 15 is 0 Å². The standard InChI is InChI=1S/C20H19N5O3/c21-14(20(27)28)7-10-24-19(26)13-11-17(15-5-1-3-8-22-15)25-18(12-13)16-6-2-4-9-23-16/h1-6,8-9,11-12,14H,7,10,21H2,(H,24,26)(H,27,28)/t14-/m0/s1. The number of amides is 1. The number of aromatic nitrogens is 3. The predicted molar refractivity (Wildman–Crippen MR) is 103 cm³/mol. The predicted octanol–water partition coefficient (Wildman–Crippen LogP) is 1.74. The molecule has 1 atom stereocenters. The van der Waals surface area contributed by atoms with Crippen molar-refractivity contribution < 1.29 is 14.7 Å². The van der Waals surface area contributed by atoms with E-state index in [2.05, 4.69) is 20.3 Å². The molecule has 8 heteroatoms. The molecule has 0 aliphatic carbocycles. The Labute approximate surface area is 161 Å². The summed E-state index contributed by atoms with van der Waals surface area (Å²) in [5, 5.41) is 11.5. The second-order valence-corrected chi connectivity index (χ2v) is 6.05. The van der Waals surface area contributed by atoms with E-state index in [1.54, 1.807) is 48.8 Å². The highest BCUT2D eigenvalue weighted by molar-refractivity contribution is 5.96. The number of aliphatic carboxylic acids is 1. The second-order valence-electron chi connectivity index (χ2n) is 6.05. The highest BCUT2D eigenvalue weighted by atomic mass is 16.4. The average Bonchev–Trinajstić information content (AvgIpc) is 2.74. The van der Waals surface area contributed by atoms with Crippen LogP contribution in [0, 0.1) is 0 Å². The van der Waals surface area contributed by atoms with E-state index in [-0.39, 0.29) is 18.9 Å². The molecule has 0 saturated carbocycles. The Kier molecular flexibility index (Phi) is 6.03.